The molecule has 0 unspecified atom stereocenters. The van der Waals surface area contributed by atoms with Crippen LogP contribution in [0.4, 0.5) is 0 Å². The summed E-state index contributed by atoms with van der Waals surface area (Å²) in [5, 5.41) is 17.3. The summed E-state index contributed by atoms with van der Waals surface area (Å²) in [5.74, 6) is -0.876. The number of nitrogens with zero attached hydrogens (tertiary/aromatic N) is 1. The van der Waals surface area contributed by atoms with E-state index in [0.717, 1.165) is 6.08 Å². The number of hydrogen-bond donors (Lipinski definition) is 1. The number of rotatable bonds is 4. The fraction of sp³-hybridized carbons (Fsp3) is 0.0833. The maximum atomic E-state index is 10.8. The van der Waals surface area contributed by atoms with Crippen LogP contribution in [0.5, 0.6) is 5.75 Å². The van der Waals surface area contributed by atoms with Crippen LogP contribution >= 0.6 is 0 Å². The number of benzene rings is 1. The zero-order valence-corrected chi connectivity index (χ0v) is 9.01. The standard InChI is InChI=1S/C12H9NO4/c1-17-12-9(2-3-11(15)16)4-8(6-13)5-10(12)7-14/h2-5,7H,1H3,(H,15,16)/b3-2+. The summed E-state index contributed by atoms with van der Waals surface area (Å²) >= 11 is 0. The quantitative estimate of drug-likeness (QED) is 0.626. The number of carboxylic acid groups (broad SMARTS) is 1. The Morgan fingerprint density at radius 2 is 2.12 bits per heavy atom. The number of carbonyl (C=O) groups is 2. The molecule has 1 aromatic rings. The highest BCUT2D eigenvalue weighted by Gasteiger charge is 2.09. The first-order chi connectivity index (χ1) is 8.12. The van der Waals surface area contributed by atoms with Gasteiger partial charge in [0.15, 0.2) is 6.29 Å². The van der Waals surface area contributed by atoms with Gasteiger partial charge in [0, 0.05) is 11.6 Å². The molecular weight excluding hydrogens is 222 g/mol. The van der Waals surface area contributed by atoms with Crippen molar-refractivity contribution in [2.24, 2.45) is 0 Å². The number of ether oxygens (including phenoxy) is 1. The van der Waals surface area contributed by atoms with Gasteiger partial charge in [0.05, 0.1) is 24.3 Å². The first kappa shape index (κ1) is 12.5. The summed E-state index contributed by atoms with van der Waals surface area (Å²) in [6.07, 6.45) is 2.74. The molecule has 0 aromatic heterocycles. The molecule has 0 aliphatic carbocycles. The molecule has 0 saturated heterocycles. The molecule has 0 atom stereocenters. The monoisotopic (exact) mass is 231 g/mol. The highest BCUT2D eigenvalue weighted by atomic mass is 16.5. The fourth-order valence-corrected chi connectivity index (χ4v) is 1.35. The molecule has 0 spiro atoms. The van der Waals surface area contributed by atoms with Crippen LogP contribution < -0.4 is 4.74 Å². The van der Waals surface area contributed by atoms with E-state index in [1.807, 2.05) is 6.07 Å². The van der Waals surface area contributed by atoms with Crippen molar-refractivity contribution >= 4 is 18.3 Å². The van der Waals surface area contributed by atoms with Gasteiger partial charge >= 0.3 is 5.97 Å². The maximum absolute atomic E-state index is 10.8. The molecular formula is C12H9NO4. The first-order valence-corrected chi connectivity index (χ1v) is 4.60. The second-order valence-corrected chi connectivity index (χ2v) is 3.09. The molecule has 0 bridgehead atoms. The van der Waals surface area contributed by atoms with E-state index in [0.29, 0.717) is 11.8 Å². The number of carbonyl (C=O) groups excluding carboxylic acids is 1. The highest BCUT2D eigenvalue weighted by Crippen LogP contribution is 2.25. The minimum absolute atomic E-state index is 0.205. The van der Waals surface area contributed by atoms with Crippen LogP contribution in [-0.4, -0.2) is 24.5 Å². The van der Waals surface area contributed by atoms with Gasteiger partial charge < -0.3 is 9.84 Å². The van der Waals surface area contributed by atoms with Crippen molar-refractivity contribution in [3.05, 3.63) is 34.9 Å². The Morgan fingerprint density at radius 3 is 2.59 bits per heavy atom. The normalized spacial score (nSPS) is 9.88. The third kappa shape index (κ3) is 2.92. The summed E-state index contributed by atoms with van der Waals surface area (Å²) in [4.78, 5) is 21.2. The summed E-state index contributed by atoms with van der Waals surface area (Å²) in [5.41, 5.74) is 0.838. The van der Waals surface area contributed by atoms with E-state index >= 15 is 0 Å². The molecule has 1 rings (SSSR count). The SMILES string of the molecule is COc1c(C=O)cc(C#N)cc1/C=C/C(=O)O. The van der Waals surface area contributed by atoms with Crippen LogP contribution in [0.3, 0.4) is 0 Å². The minimum Gasteiger partial charge on any atom is -0.495 e. The zero-order valence-electron chi connectivity index (χ0n) is 9.01. The first-order valence-electron chi connectivity index (χ1n) is 4.60. The van der Waals surface area contributed by atoms with Gasteiger partial charge in [-0.15, -0.1) is 0 Å². The van der Waals surface area contributed by atoms with Crippen LogP contribution in [0.2, 0.25) is 0 Å². The van der Waals surface area contributed by atoms with Crippen molar-refractivity contribution in [3.63, 3.8) is 0 Å². The average molecular weight is 231 g/mol. The van der Waals surface area contributed by atoms with E-state index in [1.54, 1.807) is 0 Å². The van der Waals surface area contributed by atoms with Gasteiger partial charge in [-0.1, -0.05) is 0 Å². The number of aliphatic carboxylic acids is 1. The van der Waals surface area contributed by atoms with Gasteiger partial charge in [0.1, 0.15) is 5.75 Å². The Balaban J connectivity index is 3.40. The van der Waals surface area contributed by atoms with Gasteiger partial charge in [-0.05, 0) is 18.2 Å². The van der Waals surface area contributed by atoms with Crippen LogP contribution in [0.1, 0.15) is 21.5 Å². The van der Waals surface area contributed by atoms with Crippen molar-refractivity contribution < 1.29 is 19.4 Å². The maximum Gasteiger partial charge on any atom is 0.328 e. The molecule has 0 amide bonds. The van der Waals surface area contributed by atoms with Gasteiger partial charge in [-0.3, -0.25) is 4.79 Å². The molecule has 0 saturated carbocycles. The molecule has 1 aromatic carbocycles. The predicted octanol–water partition coefficient (Wildman–Crippen LogP) is 1.48. The lowest BCUT2D eigenvalue weighted by molar-refractivity contribution is -0.131. The smallest absolute Gasteiger partial charge is 0.328 e. The average Bonchev–Trinajstić information content (AvgIpc) is 2.34. The van der Waals surface area contributed by atoms with Crippen molar-refractivity contribution in [1.82, 2.24) is 0 Å². The Bertz CT molecular complexity index is 526. The molecule has 0 aliphatic heterocycles. The number of carboxylic acids is 1. The lowest BCUT2D eigenvalue weighted by atomic mass is 10.0. The van der Waals surface area contributed by atoms with Crippen LogP contribution in [0.25, 0.3) is 6.08 Å². The van der Waals surface area contributed by atoms with E-state index in [-0.39, 0.29) is 16.9 Å². The highest BCUT2D eigenvalue weighted by molar-refractivity contribution is 5.88. The number of methoxy groups -OCH3 is 1. The Labute approximate surface area is 97.6 Å². The van der Waals surface area contributed by atoms with E-state index in [2.05, 4.69) is 0 Å². The van der Waals surface area contributed by atoms with Gasteiger partial charge in [-0.25, -0.2) is 4.79 Å². The van der Waals surface area contributed by atoms with E-state index in [9.17, 15) is 9.59 Å². The molecule has 1 N–H and O–H groups in total. The lowest BCUT2D eigenvalue weighted by Gasteiger charge is -2.07. The third-order valence-electron chi connectivity index (χ3n) is 2.01. The number of nitriles is 1. The summed E-state index contributed by atoms with van der Waals surface area (Å²) in [6, 6.07) is 4.71. The molecule has 0 aliphatic rings. The summed E-state index contributed by atoms with van der Waals surface area (Å²) < 4.78 is 5.01. The third-order valence-corrected chi connectivity index (χ3v) is 2.01. The van der Waals surface area contributed by atoms with Crippen molar-refractivity contribution in [2.75, 3.05) is 7.11 Å². The van der Waals surface area contributed by atoms with Crippen LogP contribution in [0.15, 0.2) is 18.2 Å². The largest absolute Gasteiger partial charge is 0.495 e. The van der Waals surface area contributed by atoms with E-state index in [4.69, 9.17) is 15.1 Å². The molecule has 86 valence electrons. The number of aldehydes is 1. The van der Waals surface area contributed by atoms with Crippen LogP contribution in [0, 0.1) is 11.3 Å². The Kier molecular flexibility index (Phi) is 4.01. The number of hydrogen-bond acceptors (Lipinski definition) is 4. The second-order valence-electron chi connectivity index (χ2n) is 3.09. The molecule has 5 nitrogen and oxygen atoms in total. The Hall–Kier alpha value is -2.61. The van der Waals surface area contributed by atoms with E-state index in [1.165, 1.54) is 25.3 Å². The Morgan fingerprint density at radius 1 is 1.47 bits per heavy atom. The van der Waals surface area contributed by atoms with E-state index < -0.39 is 5.97 Å². The molecule has 0 heterocycles. The minimum atomic E-state index is -1.12. The molecule has 17 heavy (non-hydrogen) atoms. The topological polar surface area (TPSA) is 87.4 Å². The van der Waals surface area contributed by atoms with Crippen molar-refractivity contribution in [2.45, 2.75) is 0 Å². The van der Waals surface area contributed by atoms with Crippen molar-refractivity contribution in [1.29, 1.82) is 5.26 Å². The van der Waals surface area contributed by atoms with Gasteiger partial charge in [0.2, 0.25) is 0 Å². The fourth-order valence-electron chi connectivity index (χ4n) is 1.35. The molecule has 0 fully saturated rings. The molecule has 5 heteroatoms. The predicted molar refractivity (Wildman–Crippen MR) is 59.8 cm³/mol. The van der Waals surface area contributed by atoms with Crippen LogP contribution in [-0.2, 0) is 4.79 Å². The zero-order chi connectivity index (χ0) is 12.8. The van der Waals surface area contributed by atoms with Gasteiger partial charge in [0.25, 0.3) is 0 Å². The second kappa shape index (κ2) is 5.47. The lowest BCUT2D eigenvalue weighted by Crippen LogP contribution is -1.96. The molecule has 0 radical (unpaired) electrons. The van der Waals surface area contributed by atoms with Crippen molar-refractivity contribution in [3.8, 4) is 11.8 Å². The van der Waals surface area contributed by atoms with Gasteiger partial charge in [-0.2, -0.15) is 5.26 Å². The summed E-state index contributed by atoms with van der Waals surface area (Å²) in [6.45, 7) is 0. The summed E-state index contributed by atoms with van der Waals surface area (Å²) in [7, 11) is 1.37.